The number of carbonyl (C=O) groups is 1. The van der Waals surface area contributed by atoms with E-state index in [1.54, 1.807) is 19.4 Å². The molecule has 3 rings (SSSR count). The second-order valence-corrected chi connectivity index (χ2v) is 5.98. The van der Waals surface area contributed by atoms with Gasteiger partial charge < -0.3 is 14.6 Å². The molecule has 2 aromatic carbocycles. The van der Waals surface area contributed by atoms with E-state index in [1.165, 1.54) is 10.6 Å². The molecule has 1 aromatic heterocycles. The van der Waals surface area contributed by atoms with Crippen LogP contribution >= 0.6 is 0 Å². The molecule has 0 saturated heterocycles. The van der Waals surface area contributed by atoms with Crippen molar-refractivity contribution in [3.63, 3.8) is 0 Å². The van der Waals surface area contributed by atoms with Crippen LogP contribution in [0, 0.1) is 6.92 Å². The number of nitrogens with zero attached hydrogens (tertiary/aromatic N) is 1. The smallest absolute Gasteiger partial charge is 0.263 e. The number of methoxy groups -OCH3 is 1. The number of ether oxygens (including phenoxy) is 1. The minimum absolute atomic E-state index is 0.110. The zero-order chi connectivity index (χ0) is 18.5. The summed E-state index contributed by atoms with van der Waals surface area (Å²) in [5, 5.41) is 2.80. The SMILES string of the molecule is COc1cccc(Cn2cccc(C(=O)Nc3ccccc3C)c2=O)c1. The van der Waals surface area contributed by atoms with Crippen LogP contribution in [-0.4, -0.2) is 17.6 Å². The average Bonchev–Trinajstić information content (AvgIpc) is 2.65. The van der Waals surface area contributed by atoms with Crippen molar-refractivity contribution in [2.75, 3.05) is 12.4 Å². The van der Waals surface area contributed by atoms with E-state index >= 15 is 0 Å². The van der Waals surface area contributed by atoms with E-state index < -0.39 is 5.91 Å². The van der Waals surface area contributed by atoms with Crippen molar-refractivity contribution in [3.8, 4) is 5.75 Å². The van der Waals surface area contributed by atoms with Crippen LogP contribution in [0.4, 0.5) is 5.69 Å². The molecule has 5 heteroatoms. The monoisotopic (exact) mass is 348 g/mol. The summed E-state index contributed by atoms with van der Waals surface area (Å²) in [5.41, 5.74) is 2.33. The van der Waals surface area contributed by atoms with Crippen LogP contribution < -0.4 is 15.6 Å². The van der Waals surface area contributed by atoms with Crippen LogP contribution in [0.1, 0.15) is 21.5 Å². The molecule has 0 spiro atoms. The summed E-state index contributed by atoms with van der Waals surface area (Å²) in [6.07, 6.45) is 1.67. The third-order valence-corrected chi connectivity index (χ3v) is 4.15. The van der Waals surface area contributed by atoms with Crippen molar-refractivity contribution in [3.05, 3.63) is 93.9 Å². The van der Waals surface area contributed by atoms with Crippen molar-refractivity contribution in [1.29, 1.82) is 0 Å². The summed E-state index contributed by atoms with van der Waals surface area (Å²) in [5.74, 6) is 0.313. The van der Waals surface area contributed by atoms with Gasteiger partial charge in [-0.25, -0.2) is 0 Å². The van der Waals surface area contributed by atoms with E-state index in [2.05, 4.69) is 5.32 Å². The molecule has 0 aliphatic heterocycles. The summed E-state index contributed by atoms with van der Waals surface area (Å²) in [7, 11) is 1.60. The molecule has 0 bridgehead atoms. The second kappa shape index (κ2) is 7.70. The number of hydrogen-bond donors (Lipinski definition) is 1. The number of pyridine rings is 1. The van der Waals surface area contributed by atoms with E-state index in [0.717, 1.165) is 16.9 Å². The standard InChI is InChI=1S/C21H20N2O3/c1-15-7-3-4-11-19(15)22-20(24)18-10-6-12-23(21(18)25)14-16-8-5-9-17(13-16)26-2/h3-13H,14H2,1-2H3,(H,22,24). The molecule has 0 aliphatic carbocycles. The van der Waals surface area contributed by atoms with Crippen molar-refractivity contribution in [1.82, 2.24) is 4.57 Å². The van der Waals surface area contributed by atoms with E-state index in [0.29, 0.717) is 12.2 Å². The van der Waals surface area contributed by atoms with Crippen LogP contribution in [0.3, 0.4) is 0 Å². The van der Waals surface area contributed by atoms with Gasteiger partial charge in [-0.15, -0.1) is 0 Å². The molecule has 0 atom stereocenters. The Morgan fingerprint density at radius 1 is 1.08 bits per heavy atom. The van der Waals surface area contributed by atoms with Crippen LogP contribution in [0.15, 0.2) is 71.7 Å². The molecule has 0 radical (unpaired) electrons. The van der Waals surface area contributed by atoms with Gasteiger partial charge in [0.25, 0.3) is 11.5 Å². The highest BCUT2D eigenvalue weighted by Crippen LogP contribution is 2.15. The highest BCUT2D eigenvalue weighted by Gasteiger charge is 2.13. The number of nitrogens with one attached hydrogen (secondary N) is 1. The van der Waals surface area contributed by atoms with Gasteiger partial charge >= 0.3 is 0 Å². The molecule has 3 aromatic rings. The zero-order valence-corrected chi connectivity index (χ0v) is 14.7. The molecule has 1 N–H and O–H groups in total. The summed E-state index contributed by atoms with van der Waals surface area (Å²) in [6.45, 7) is 2.27. The number of aromatic nitrogens is 1. The maximum atomic E-state index is 12.7. The minimum Gasteiger partial charge on any atom is -0.497 e. The predicted octanol–water partition coefficient (Wildman–Crippen LogP) is 3.47. The molecule has 0 aliphatic rings. The van der Waals surface area contributed by atoms with Gasteiger partial charge in [0.1, 0.15) is 11.3 Å². The lowest BCUT2D eigenvalue weighted by molar-refractivity contribution is 0.102. The number of anilines is 1. The Morgan fingerprint density at radius 2 is 1.88 bits per heavy atom. The first-order valence-corrected chi connectivity index (χ1v) is 8.28. The third-order valence-electron chi connectivity index (χ3n) is 4.15. The van der Waals surface area contributed by atoms with E-state index in [-0.39, 0.29) is 11.1 Å². The fourth-order valence-electron chi connectivity index (χ4n) is 2.70. The number of aryl methyl sites for hydroxylation is 1. The van der Waals surface area contributed by atoms with Gasteiger partial charge in [0, 0.05) is 11.9 Å². The second-order valence-electron chi connectivity index (χ2n) is 5.98. The Labute approximate surface area is 151 Å². The number of benzene rings is 2. The highest BCUT2D eigenvalue weighted by atomic mass is 16.5. The summed E-state index contributed by atoms with van der Waals surface area (Å²) in [6, 6.07) is 18.2. The largest absolute Gasteiger partial charge is 0.497 e. The zero-order valence-electron chi connectivity index (χ0n) is 14.7. The van der Waals surface area contributed by atoms with Crippen LogP contribution in [0.2, 0.25) is 0 Å². The number of hydrogen-bond acceptors (Lipinski definition) is 3. The van der Waals surface area contributed by atoms with Crippen LogP contribution in [0.25, 0.3) is 0 Å². The number of amides is 1. The van der Waals surface area contributed by atoms with Gasteiger partial charge in [-0.2, -0.15) is 0 Å². The van der Waals surface area contributed by atoms with E-state index in [9.17, 15) is 9.59 Å². The van der Waals surface area contributed by atoms with Crippen molar-refractivity contribution >= 4 is 11.6 Å². The molecule has 0 saturated carbocycles. The Hall–Kier alpha value is -3.34. The molecule has 1 heterocycles. The first kappa shape index (κ1) is 17.5. The van der Waals surface area contributed by atoms with Gasteiger partial charge in [0.15, 0.2) is 0 Å². The number of rotatable bonds is 5. The van der Waals surface area contributed by atoms with Crippen molar-refractivity contribution in [2.24, 2.45) is 0 Å². The average molecular weight is 348 g/mol. The van der Waals surface area contributed by atoms with Crippen molar-refractivity contribution < 1.29 is 9.53 Å². The summed E-state index contributed by atoms with van der Waals surface area (Å²) in [4.78, 5) is 25.3. The van der Waals surface area contributed by atoms with Crippen molar-refractivity contribution in [2.45, 2.75) is 13.5 Å². The first-order chi connectivity index (χ1) is 12.6. The topological polar surface area (TPSA) is 60.3 Å². The Balaban J connectivity index is 1.86. The quantitative estimate of drug-likeness (QED) is 0.768. The molecular weight excluding hydrogens is 328 g/mol. The normalized spacial score (nSPS) is 10.4. The van der Waals surface area contributed by atoms with Crippen LogP contribution in [0.5, 0.6) is 5.75 Å². The maximum Gasteiger partial charge on any atom is 0.263 e. The molecule has 132 valence electrons. The predicted molar refractivity (Wildman–Crippen MR) is 102 cm³/mol. The summed E-state index contributed by atoms with van der Waals surface area (Å²) < 4.78 is 6.73. The maximum absolute atomic E-state index is 12.7. The van der Waals surface area contributed by atoms with E-state index in [4.69, 9.17) is 4.74 Å². The molecule has 26 heavy (non-hydrogen) atoms. The molecule has 5 nitrogen and oxygen atoms in total. The lowest BCUT2D eigenvalue weighted by Gasteiger charge is -2.11. The Kier molecular flexibility index (Phi) is 5.17. The Morgan fingerprint density at radius 3 is 2.65 bits per heavy atom. The molecule has 0 fully saturated rings. The van der Waals surface area contributed by atoms with Gasteiger partial charge in [-0.05, 0) is 48.4 Å². The molecule has 0 unspecified atom stereocenters. The fourth-order valence-corrected chi connectivity index (χ4v) is 2.70. The van der Waals surface area contributed by atoms with E-state index in [1.807, 2.05) is 55.5 Å². The van der Waals surface area contributed by atoms with Crippen LogP contribution in [-0.2, 0) is 6.54 Å². The van der Waals surface area contributed by atoms with Gasteiger partial charge in [0.2, 0.25) is 0 Å². The highest BCUT2D eigenvalue weighted by molar-refractivity contribution is 6.04. The lowest BCUT2D eigenvalue weighted by Crippen LogP contribution is -2.29. The Bertz CT molecular complexity index is 992. The number of para-hydroxylation sites is 1. The minimum atomic E-state index is -0.413. The lowest BCUT2D eigenvalue weighted by atomic mass is 10.1. The van der Waals surface area contributed by atoms with Gasteiger partial charge in [0.05, 0.1) is 13.7 Å². The fraction of sp³-hybridized carbons (Fsp3) is 0.143. The first-order valence-electron chi connectivity index (χ1n) is 8.28. The van der Waals surface area contributed by atoms with Gasteiger partial charge in [-0.1, -0.05) is 30.3 Å². The van der Waals surface area contributed by atoms with Gasteiger partial charge in [-0.3, -0.25) is 9.59 Å². The number of carbonyl (C=O) groups excluding carboxylic acids is 1. The third kappa shape index (κ3) is 3.83. The summed E-state index contributed by atoms with van der Waals surface area (Å²) >= 11 is 0. The molecule has 1 amide bonds. The molecular formula is C21H20N2O3.